The molecule has 3 rings (SSSR count). The highest BCUT2D eigenvalue weighted by Crippen LogP contribution is 2.20. The number of thioether (sulfide) groups is 1. The molecule has 2 aromatic carbocycles. The Morgan fingerprint density at radius 1 is 1.11 bits per heavy atom. The summed E-state index contributed by atoms with van der Waals surface area (Å²) in [4.78, 5) is 16.6. The first kappa shape index (κ1) is 20.2. The van der Waals surface area contributed by atoms with Gasteiger partial charge in [0.25, 0.3) is 0 Å². The molecular weight excluding hydrogens is 370 g/mol. The van der Waals surface area contributed by atoms with Crippen molar-refractivity contribution in [1.82, 2.24) is 14.9 Å². The number of carbonyl (C=O) groups is 1. The number of aliphatic hydroxyl groups is 1. The molecule has 5 nitrogen and oxygen atoms in total. The highest BCUT2D eigenvalue weighted by Gasteiger charge is 2.12. The molecule has 146 valence electrons. The Hall–Kier alpha value is -2.57. The zero-order chi connectivity index (χ0) is 19.8. The van der Waals surface area contributed by atoms with Crippen molar-refractivity contribution in [3.8, 4) is 0 Å². The first-order valence-electron chi connectivity index (χ1n) is 9.30. The molecule has 0 unspecified atom stereocenters. The minimum absolute atomic E-state index is 0.0173. The molecule has 1 heterocycles. The molecule has 0 aliphatic carbocycles. The Morgan fingerprint density at radius 2 is 1.86 bits per heavy atom. The van der Waals surface area contributed by atoms with Gasteiger partial charge in [0.1, 0.15) is 0 Å². The first-order valence-corrected chi connectivity index (χ1v) is 10.3. The van der Waals surface area contributed by atoms with Gasteiger partial charge in [0, 0.05) is 13.1 Å². The molecule has 0 atom stereocenters. The fourth-order valence-electron chi connectivity index (χ4n) is 2.85. The number of hydrogen-bond donors (Lipinski definition) is 2. The minimum atomic E-state index is -0.0807. The van der Waals surface area contributed by atoms with Gasteiger partial charge in [-0.25, -0.2) is 4.98 Å². The van der Waals surface area contributed by atoms with E-state index >= 15 is 0 Å². The lowest BCUT2D eigenvalue weighted by atomic mass is 10.1. The Bertz CT molecular complexity index is 892. The van der Waals surface area contributed by atoms with Crippen molar-refractivity contribution in [1.29, 1.82) is 0 Å². The molecule has 0 saturated heterocycles. The van der Waals surface area contributed by atoms with Gasteiger partial charge in [0.15, 0.2) is 5.16 Å². The van der Waals surface area contributed by atoms with E-state index in [4.69, 9.17) is 0 Å². The highest BCUT2D eigenvalue weighted by atomic mass is 32.2. The second-order valence-electron chi connectivity index (χ2n) is 6.64. The second kappa shape index (κ2) is 10.1. The quantitative estimate of drug-likeness (QED) is 0.546. The van der Waals surface area contributed by atoms with E-state index < -0.39 is 0 Å². The van der Waals surface area contributed by atoms with Crippen LogP contribution in [-0.4, -0.2) is 32.9 Å². The number of aryl methyl sites for hydroxylation is 1. The third kappa shape index (κ3) is 5.71. The number of nitrogens with one attached hydrogen (secondary N) is 1. The van der Waals surface area contributed by atoms with Gasteiger partial charge in [-0.2, -0.15) is 0 Å². The van der Waals surface area contributed by atoms with Crippen LogP contribution < -0.4 is 5.32 Å². The second-order valence-corrected chi connectivity index (χ2v) is 7.58. The van der Waals surface area contributed by atoms with Gasteiger partial charge in [-0.15, -0.1) is 0 Å². The fourth-order valence-corrected chi connectivity index (χ4v) is 3.68. The van der Waals surface area contributed by atoms with E-state index in [2.05, 4.69) is 53.6 Å². The van der Waals surface area contributed by atoms with Crippen LogP contribution in [0.5, 0.6) is 0 Å². The number of carbonyl (C=O) groups excluding carboxylic acids is 1. The maximum atomic E-state index is 12.2. The number of nitrogens with zero attached hydrogens (tertiary/aromatic N) is 2. The molecular formula is C22H25N3O2S. The molecule has 6 heteroatoms. The Balaban J connectivity index is 1.54. The average Bonchev–Trinajstić information content (AvgIpc) is 3.10. The SMILES string of the molecule is Cc1ccc(Cn2c(CO)cnc2SCC(=O)NCCc2ccccc2)cc1. The van der Waals surface area contributed by atoms with Crippen LogP contribution in [0.1, 0.15) is 22.4 Å². The Kier molecular flexibility index (Phi) is 7.28. The summed E-state index contributed by atoms with van der Waals surface area (Å²) in [5.41, 5.74) is 4.29. The summed E-state index contributed by atoms with van der Waals surface area (Å²) in [6.07, 6.45) is 2.48. The van der Waals surface area contributed by atoms with Crippen LogP contribution in [0.3, 0.4) is 0 Å². The van der Waals surface area contributed by atoms with Crippen LogP contribution >= 0.6 is 11.8 Å². The lowest BCUT2D eigenvalue weighted by Gasteiger charge is -2.11. The van der Waals surface area contributed by atoms with Gasteiger partial charge >= 0.3 is 0 Å². The monoisotopic (exact) mass is 395 g/mol. The topological polar surface area (TPSA) is 67.1 Å². The number of amides is 1. The maximum Gasteiger partial charge on any atom is 0.230 e. The van der Waals surface area contributed by atoms with Crippen molar-refractivity contribution in [2.24, 2.45) is 0 Å². The summed E-state index contributed by atoms with van der Waals surface area (Å²) >= 11 is 1.39. The minimum Gasteiger partial charge on any atom is -0.390 e. The summed E-state index contributed by atoms with van der Waals surface area (Å²) in [5.74, 6) is 0.279. The third-order valence-electron chi connectivity index (χ3n) is 4.44. The van der Waals surface area contributed by atoms with Gasteiger partial charge in [-0.3, -0.25) is 4.79 Å². The number of aliphatic hydroxyl groups excluding tert-OH is 1. The van der Waals surface area contributed by atoms with Crippen LogP contribution in [0.2, 0.25) is 0 Å². The highest BCUT2D eigenvalue weighted by molar-refractivity contribution is 7.99. The summed E-state index contributed by atoms with van der Waals surface area (Å²) < 4.78 is 1.96. The van der Waals surface area contributed by atoms with E-state index in [0.29, 0.717) is 18.8 Å². The standard InChI is InChI=1S/C22H25N3O2S/c1-17-7-9-19(10-8-17)14-25-20(15-26)13-24-22(25)28-16-21(27)23-12-11-18-5-3-2-4-6-18/h2-10,13,26H,11-12,14-16H2,1H3,(H,23,27). The van der Waals surface area contributed by atoms with Crippen molar-refractivity contribution in [2.75, 3.05) is 12.3 Å². The van der Waals surface area contributed by atoms with Gasteiger partial charge < -0.3 is 15.0 Å². The normalized spacial score (nSPS) is 10.8. The molecule has 1 amide bonds. The Labute approximate surface area is 169 Å². The van der Waals surface area contributed by atoms with Crippen molar-refractivity contribution < 1.29 is 9.90 Å². The number of rotatable bonds is 9. The molecule has 0 spiro atoms. The van der Waals surface area contributed by atoms with Gasteiger partial charge in [0.05, 0.1) is 24.3 Å². The summed E-state index contributed by atoms with van der Waals surface area (Å²) in [6, 6.07) is 18.4. The Morgan fingerprint density at radius 3 is 2.57 bits per heavy atom. The van der Waals surface area contributed by atoms with E-state index in [0.717, 1.165) is 22.8 Å². The molecule has 0 saturated carbocycles. The summed E-state index contributed by atoms with van der Waals surface area (Å²) in [5, 5.41) is 13.3. The average molecular weight is 396 g/mol. The van der Waals surface area contributed by atoms with Gasteiger partial charge in [0.2, 0.25) is 5.91 Å². The third-order valence-corrected chi connectivity index (χ3v) is 5.43. The molecule has 0 radical (unpaired) electrons. The van der Waals surface area contributed by atoms with E-state index in [-0.39, 0.29) is 12.5 Å². The van der Waals surface area contributed by atoms with Crippen molar-refractivity contribution in [3.63, 3.8) is 0 Å². The van der Waals surface area contributed by atoms with E-state index in [9.17, 15) is 9.90 Å². The molecule has 2 N–H and O–H groups in total. The predicted molar refractivity (Wildman–Crippen MR) is 112 cm³/mol. The predicted octanol–water partition coefficient (Wildman–Crippen LogP) is 3.18. The van der Waals surface area contributed by atoms with Crippen LogP contribution in [0, 0.1) is 6.92 Å². The molecule has 1 aromatic heterocycles. The largest absolute Gasteiger partial charge is 0.390 e. The van der Waals surface area contributed by atoms with Crippen LogP contribution in [0.4, 0.5) is 0 Å². The van der Waals surface area contributed by atoms with Crippen molar-refractivity contribution in [3.05, 3.63) is 83.2 Å². The van der Waals surface area contributed by atoms with E-state index in [1.165, 1.54) is 22.9 Å². The van der Waals surface area contributed by atoms with E-state index in [1.807, 2.05) is 22.8 Å². The van der Waals surface area contributed by atoms with Gasteiger partial charge in [-0.05, 0) is 24.5 Å². The first-order chi connectivity index (χ1) is 13.7. The molecule has 0 aliphatic rings. The van der Waals surface area contributed by atoms with Crippen LogP contribution in [-0.2, 0) is 24.4 Å². The van der Waals surface area contributed by atoms with E-state index in [1.54, 1.807) is 6.20 Å². The number of aromatic nitrogens is 2. The molecule has 0 aliphatic heterocycles. The zero-order valence-corrected chi connectivity index (χ0v) is 16.8. The lowest BCUT2D eigenvalue weighted by molar-refractivity contribution is -0.118. The lowest BCUT2D eigenvalue weighted by Crippen LogP contribution is -2.27. The molecule has 3 aromatic rings. The maximum absolute atomic E-state index is 12.2. The smallest absolute Gasteiger partial charge is 0.230 e. The van der Waals surface area contributed by atoms with Crippen molar-refractivity contribution in [2.45, 2.75) is 31.7 Å². The van der Waals surface area contributed by atoms with Crippen LogP contribution in [0.15, 0.2) is 66.0 Å². The van der Waals surface area contributed by atoms with Crippen molar-refractivity contribution >= 4 is 17.7 Å². The van der Waals surface area contributed by atoms with Gasteiger partial charge in [-0.1, -0.05) is 71.9 Å². The molecule has 0 fully saturated rings. The fraction of sp³-hybridized carbons (Fsp3) is 0.273. The number of imidazole rings is 1. The zero-order valence-electron chi connectivity index (χ0n) is 16.0. The number of benzene rings is 2. The summed E-state index contributed by atoms with van der Waals surface area (Å²) in [7, 11) is 0. The molecule has 28 heavy (non-hydrogen) atoms. The van der Waals surface area contributed by atoms with Crippen LogP contribution in [0.25, 0.3) is 0 Å². The summed E-state index contributed by atoms with van der Waals surface area (Å²) in [6.45, 7) is 3.21. The number of hydrogen-bond acceptors (Lipinski definition) is 4. The molecule has 0 bridgehead atoms.